The molecule has 2 N–H and O–H groups in total. The maximum atomic E-state index is 15.2. The standard InChI is InChI=1S/C29H33FN2O/c1-2-22-6-3-4-9-27(22)33-20-21-16-24(26-8-5-7-23(19-31)28(26)30)18-25(17-21)32-14-12-29(10-11-29)13-15-32/h3-9,16-18H,2,10-15,19-20,31H2,1H3. The summed E-state index contributed by atoms with van der Waals surface area (Å²) >= 11 is 0. The van der Waals surface area contributed by atoms with E-state index in [-0.39, 0.29) is 12.4 Å². The second-order valence-electron chi connectivity index (χ2n) is 9.61. The van der Waals surface area contributed by atoms with Gasteiger partial charge in [0.25, 0.3) is 0 Å². The van der Waals surface area contributed by atoms with Gasteiger partial charge in [0.1, 0.15) is 18.2 Å². The molecule has 1 heterocycles. The Morgan fingerprint density at radius 1 is 0.939 bits per heavy atom. The van der Waals surface area contributed by atoms with Crippen LogP contribution in [0.2, 0.25) is 0 Å². The Morgan fingerprint density at radius 3 is 2.42 bits per heavy atom. The van der Waals surface area contributed by atoms with E-state index >= 15 is 4.39 Å². The van der Waals surface area contributed by atoms with Gasteiger partial charge in [-0.1, -0.05) is 43.3 Å². The second-order valence-corrected chi connectivity index (χ2v) is 9.61. The van der Waals surface area contributed by atoms with Crippen LogP contribution in [0, 0.1) is 11.2 Å². The third-order valence-electron chi connectivity index (χ3n) is 7.48. The van der Waals surface area contributed by atoms with Crippen LogP contribution < -0.4 is 15.4 Å². The first kappa shape index (κ1) is 22.0. The minimum absolute atomic E-state index is 0.192. The fraction of sp³-hybridized carbons (Fsp3) is 0.379. The largest absolute Gasteiger partial charge is 0.489 e. The number of para-hydroxylation sites is 1. The minimum Gasteiger partial charge on any atom is -0.489 e. The van der Waals surface area contributed by atoms with Crippen molar-refractivity contribution < 1.29 is 9.13 Å². The Balaban J connectivity index is 1.47. The quantitative estimate of drug-likeness (QED) is 0.454. The molecule has 2 fully saturated rings. The minimum atomic E-state index is -0.226. The molecule has 0 amide bonds. The number of anilines is 1. The van der Waals surface area contributed by atoms with E-state index in [1.54, 1.807) is 6.07 Å². The molecule has 0 atom stereocenters. The molecule has 0 bridgehead atoms. The molecule has 3 nitrogen and oxygen atoms in total. The maximum absolute atomic E-state index is 15.2. The number of aryl methyl sites for hydroxylation is 1. The van der Waals surface area contributed by atoms with Crippen LogP contribution >= 0.6 is 0 Å². The molecule has 33 heavy (non-hydrogen) atoms. The predicted molar refractivity (Wildman–Crippen MR) is 133 cm³/mol. The van der Waals surface area contributed by atoms with Gasteiger partial charge in [0.05, 0.1) is 0 Å². The molecule has 1 saturated carbocycles. The number of hydrogen-bond donors (Lipinski definition) is 1. The lowest BCUT2D eigenvalue weighted by Gasteiger charge is -2.34. The summed E-state index contributed by atoms with van der Waals surface area (Å²) in [4.78, 5) is 2.46. The summed E-state index contributed by atoms with van der Waals surface area (Å²) in [6.07, 6.45) is 6.20. The van der Waals surface area contributed by atoms with Crippen LogP contribution in [0.5, 0.6) is 5.75 Å². The fourth-order valence-corrected chi connectivity index (χ4v) is 5.07. The van der Waals surface area contributed by atoms with Crippen molar-refractivity contribution in [1.29, 1.82) is 0 Å². The zero-order valence-electron chi connectivity index (χ0n) is 19.4. The van der Waals surface area contributed by atoms with Gasteiger partial charge in [-0.15, -0.1) is 0 Å². The number of nitrogens with zero attached hydrogens (tertiary/aromatic N) is 1. The fourth-order valence-electron chi connectivity index (χ4n) is 5.07. The summed E-state index contributed by atoms with van der Waals surface area (Å²) in [5.41, 5.74) is 11.8. The Bertz CT molecular complexity index is 1130. The smallest absolute Gasteiger partial charge is 0.135 e. The van der Waals surface area contributed by atoms with Gasteiger partial charge in [-0.25, -0.2) is 4.39 Å². The van der Waals surface area contributed by atoms with Crippen LogP contribution in [-0.4, -0.2) is 13.1 Å². The summed E-state index contributed by atoms with van der Waals surface area (Å²) in [7, 11) is 0. The monoisotopic (exact) mass is 444 g/mol. The average Bonchev–Trinajstić information content (AvgIpc) is 3.61. The van der Waals surface area contributed by atoms with E-state index in [2.05, 4.69) is 36.1 Å². The molecule has 0 radical (unpaired) electrons. The number of halogens is 1. The van der Waals surface area contributed by atoms with Crippen LogP contribution in [0.1, 0.15) is 49.3 Å². The van der Waals surface area contributed by atoms with Crippen molar-refractivity contribution in [3.8, 4) is 16.9 Å². The number of benzene rings is 3. The third-order valence-corrected chi connectivity index (χ3v) is 7.48. The van der Waals surface area contributed by atoms with Crippen molar-refractivity contribution >= 4 is 5.69 Å². The number of piperidine rings is 1. The summed E-state index contributed by atoms with van der Waals surface area (Å²) in [6, 6.07) is 20.1. The summed E-state index contributed by atoms with van der Waals surface area (Å²) in [6.45, 7) is 4.91. The Hall–Kier alpha value is -2.85. The van der Waals surface area contributed by atoms with Crippen LogP contribution in [-0.2, 0) is 19.6 Å². The van der Waals surface area contributed by atoms with Crippen molar-refractivity contribution in [2.45, 2.75) is 52.2 Å². The molecule has 1 saturated heterocycles. The molecule has 3 aromatic rings. The Labute approximate surface area is 196 Å². The van der Waals surface area contributed by atoms with Crippen molar-refractivity contribution in [3.05, 3.63) is 83.2 Å². The molecule has 0 aromatic heterocycles. The molecule has 172 valence electrons. The molecule has 1 spiro atoms. The van der Waals surface area contributed by atoms with Gasteiger partial charge in [-0.2, -0.15) is 0 Å². The van der Waals surface area contributed by atoms with E-state index in [1.807, 2.05) is 30.3 Å². The zero-order valence-corrected chi connectivity index (χ0v) is 19.4. The maximum Gasteiger partial charge on any atom is 0.135 e. The highest BCUT2D eigenvalue weighted by Crippen LogP contribution is 2.54. The van der Waals surface area contributed by atoms with Gasteiger partial charge in [0, 0.05) is 36.4 Å². The first-order valence-corrected chi connectivity index (χ1v) is 12.2. The van der Waals surface area contributed by atoms with Gasteiger partial charge in [-0.3, -0.25) is 0 Å². The number of nitrogens with two attached hydrogens (primary N) is 1. The highest BCUT2D eigenvalue weighted by atomic mass is 19.1. The number of rotatable bonds is 7. The van der Waals surface area contributed by atoms with Crippen molar-refractivity contribution in [2.75, 3.05) is 18.0 Å². The highest BCUT2D eigenvalue weighted by Gasteiger charge is 2.44. The van der Waals surface area contributed by atoms with Crippen LogP contribution in [0.15, 0.2) is 60.7 Å². The molecule has 5 rings (SSSR count). The molecule has 3 aromatic carbocycles. The van der Waals surface area contributed by atoms with Gasteiger partial charge in [-0.05, 0) is 78.5 Å². The van der Waals surface area contributed by atoms with E-state index < -0.39 is 0 Å². The molecule has 0 unspecified atom stereocenters. The lowest BCUT2D eigenvalue weighted by Crippen LogP contribution is -2.34. The first-order valence-electron chi connectivity index (χ1n) is 12.2. The topological polar surface area (TPSA) is 38.5 Å². The van der Waals surface area contributed by atoms with E-state index in [0.717, 1.165) is 42.1 Å². The molecule has 1 aliphatic heterocycles. The van der Waals surface area contributed by atoms with E-state index in [1.165, 1.54) is 31.2 Å². The molecule has 1 aliphatic carbocycles. The molecular weight excluding hydrogens is 411 g/mol. The van der Waals surface area contributed by atoms with Gasteiger partial charge >= 0.3 is 0 Å². The zero-order chi connectivity index (χ0) is 22.8. The summed E-state index contributed by atoms with van der Waals surface area (Å²) in [5.74, 6) is 0.688. The average molecular weight is 445 g/mol. The van der Waals surface area contributed by atoms with Gasteiger partial charge in [0.15, 0.2) is 0 Å². The van der Waals surface area contributed by atoms with Crippen LogP contribution in [0.25, 0.3) is 11.1 Å². The highest BCUT2D eigenvalue weighted by molar-refractivity contribution is 5.71. The van der Waals surface area contributed by atoms with Crippen molar-refractivity contribution in [3.63, 3.8) is 0 Å². The van der Waals surface area contributed by atoms with E-state index in [0.29, 0.717) is 23.1 Å². The number of ether oxygens (including phenoxy) is 1. The SMILES string of the molecule is CCc1ccccc1OCc1cc(-c2cccc(CN)c2F)cc(N2CCC3(CC2)CC3)c1. The van der Waals surface area contributed by atoms with Crippen LogP contribution in [0.3, 0.4) is 0 Å². The Morgan fingerprint density at radius 2 is 1.70 bits per heavy atom. The van der Waals surface area contributed by atoms with E-state index in [4.69, 9.17) is 10.5 Å². The summed E-state index contributed by atoms with van der Waals surface area (Å²) < 4.78 is 21.4. The lowest BCUT2D eigenvalue weighted by molar-refractivity contribution is 0.303. The normalized spacial score (nSPS) is 16.8. The summed E-state index contributed by atoms with van der Waals surface area (Å²) in [5, 5.41) is 0. The predicted octanol–water partition coefficient (Wildman–Crippen LogP) is 6.47. The Kier molecular flexibility index (Phi) is 6.11. The van der Waals surface area contributed by atoms with Gasteiger partial charge < -0.3 is 15.4 Å². The van der Waals surface area contributed by atoms with Gasteiger partial charge in [0.2, 0.25) is 0 Å². The molecule has 2 aliphatic rings. The van der Waals surface area contributed by atoms with Crippen LogP contribution in [0.4, 0.5) is 10.1 Å². The number of hydrogen-bond acceptors (Lipinski definition) is 3. The lowest BCUT2D eigenvalue weighted by atomic mass is 9.92. The second kappa shape index (κ2) is 9.18. The van der Waals surface area contributed by atoms with E-state index in [9.17, 15) is 0 Å². The first-order chi connectivity index (χ1) is 16.1. The van der Waals surface area contributed by atoms with Crippen molar-refractivity contribution in [2.24, 2.45) is 11.1 Å². The third kappa shape index (κ3) is 4.63. The molecule has 4 heteroatoms. The van der Waals surface area contributed by atoms with Crippen molar-refractivity contribution in [1.82, 2.24) is 0 Å². The molecular formula is C29H33FN2O.